The minimum Gasteiger partial charge on any atom is -0.481 e. The monoisotopic (exact) mass is 549 g/mol. The molecule has 0 bridgehead atoms. The van der Waals surface area contributed by atoms with Crippen molar-refractivity contribution in [2.24, 2.45) is 0 Å². The molecule has 1 amide bonds. The first-order valence-corrected chi connectivity index (χ1v) is 14.8. The van der Waals surface area contributed by atoms with Gasteiger partial charge in [0.25, 0.3) is 10.0 Å². The normalized spacial score (nSPS) is 11.1. The lowest BCUT2D eigenvalue weighted by molar-refractivity contribution is -0.119. The van der Waals surface area contributed by atoms with Crippen molar-refractivity contribution in [2.75, 3.05) is 17.1 Å². The summed E-state index contributed by atoms with van der Waals surface area (Å²) >= 11 is 5.22. The number of hydrogen-bond acceptors (Lipinski definition) is 7. The number of thiocarbonyl (C=S) groups is 1. The number of carbonyl (C=O) groups is 1. The van der Waals surface area contributed by atoms with Crippen molar-refractivity contribution >= 4 is 44.8 Å². The number of nitrogens with one attached hydrogen (secondary N) is 3. The second-order valence-corrected chi connectivity index (χ2v) is 11.0. The van der Waals surface area contributed by atoms with Gasteiger partial charge >= 0.3 is 0 Å². The highest BCUT2D eigenvalue weighted by Gasteiger charge is 2.15. The molecule has 1 heterocycles. The summed E-state index contributed by atoms with van der Waals surface area (Å²) in [4.78, 5) is 19.9. The van der Waals surface area contributed by atoms with Gasteiger partial charge in [-0.05, 0) is 42.9 Å². The third-order valence-corrected chi connectivity index (χ3v) is 7.35. The predicted molar refractivity (Wildman–Crippen MR) is 151 cm³/mol. The lowest BCUT2D eigenvalue weighted by atomic mass is 10.1. The largest absolute Gasteiger partial charge is 0.481 e. The molecule has 0 aliphatic rings. The molecule has 204 valence electrons. The number of ether oxygens (including phenoxy) is 1. The van der Waals surface area contributed by atoms with Gasteiger partial charge in [-0.3, -0.25) is 9.52 Å². The number of rotatable bonds is 17. The molecule has 0 radical (unpaired) electrons. The molecule has 0 spiro atoms. The average molecular weight is 550 g/mol. The summed E-state index contributed by atoms with van der Waals surface area (Å²) in [7, 11) is -2.43. The van der Waals surface area contributed by atoms with Crippen molar-refractivity contribution < 1.29 is 17.9 Å². The van der Waals surface area contributed by atoms with Gasteiger partial charge in [-0.2, -0.15) is 0 Å². The third kappa shape index (κ3) is 12.3. The zero-order chi connectivity index (χ0) is 26.9. The number of hydrogen-bond donors (Lipinski definition) is 3. The van der Waals surface area contributed by atoms with E-state index in [2.05, 4.69) is 32.2 Å². The molecule has 1 aromatic heterocycles. The van der Waals surface area contributed by atoms with Gasteiger partial charge in [0, 0.05) is 18.2 Å². The van der Waals surface area contributed by atoms with Gasteiger partial charge in [0.15, 0.2) is 5.11 Å². The number of carbonyl (C=O) groups excluding carboxylic acids is 1. The van der Waals surface area contributed by atoms with Crippen LogP contribution < -0.4 is 20.1 Å². The zero-order valence-electron chi connectivity index (χ0n) is 21.8. The molecule has 0 unspecified atom stereocenters. The van der Waals surface area contributed by atoms with E-state index in [1.165, 1.54) is 83.0 Å². The van der Waals surface area contributed by atoms with Crippen LogP contribution in [0.25, 0.3) is 0 Å². The van der Waals surface area contributed by atoms with E-state index in [-0.39, 0.29) is 27.6 Å². The first kappa shape index (κ1) is 30.4. The van der Waals surface area contributed by atoms with Gasteiger partial charge in [-0.1, -0.05) is 71.1 Å². The first-order chi connectivity index (χ1) is 17.8. The van der Waals surface area contributed by atoms with Crippen molar-refractivity contribution in [3.8, 4) is 5.88 Å². The summed E-state index contributed by atoms with van der Waals surface area (Å²) in [6.45, 7) is 2.24. The van der Waals surface area contributed by atoms with E-state index in [9.17, 15) is 13.2 Å². The Morgan fingerprint density at radius 3 is 2.11 bits per heavy atom. The molecule has 0 saturated heterocycles. The van der Waals surface area contributed by atoms with Crippen LogP contribution in [0.1, 0.15) is 84.0 Å². The van der Waals surface area contributed by atoms with Crippen LogP contribution in [0.5, 0.6) is 5.88 Å². The molecular weight excluding hydrogens is 510 g/mol. The van der Waals surface area contributed by atoms with Crippen LogP contribution in [0.15, 0.2) is 41.6 Å². The van der Waals surface area contributed by atoms with Gasteiger partial charge in [0.2, 0.25) is 11.8 Å². The van der Waals surface area contributed by atoms with E-state index >= 15 is 0 Å². The number of benzene rings is 1. The molecule has 2 rings (SSSR count). The van der Waals surface area contributed by atoms with Crippen LogP contribution in [-0.4, -0.2) is 36.5 Å². The van der Waals surface area contributed by atoms with Crippen LogP contribution >= 0.6 is 12.2 Å². The molecule has 3 N–H and O–H groups in total. The molecule has 0 saturated carbocycles. The molecule has 1 aromatic carbocycles. The molecule has 37 heavy (non-hydrogen) atoms. The molecule has 0 fully saturated rings. The Labute approximate surface area is 226 Å². The minimum atomic E-state index is -3.85. The van der Waals surface area contributed by atoms with Crippen LogP contribution in [-0.2, 0) is 14.8 Å². The van der Waals surface area contributed by atoms with Crippen LogP contribution in [0.3, 0.4) is 0 Å². The van der Waals surface area contributed by atoms with E-state index in [4.69, 9.17) is 17.0 Å². The summed E-state index contributed by atoms with van der Waals surface area (Å²) in [5, 5.41) is 5.76. The molecule has 0 aliphatic carbocycles. The highest BCUT2D eigenvalue weighted by Crippen LogP contribution is 2.19. The molecule has 0 aliphatic heterocycles. The summed E-state index contributed by atoms with van der Waals surface area (Å²) in [6.07, 6.45) is 15.1. The number of unbranched alkanes of at least 4 members (excludes halogenated alkanes) is 10. The van der Waals surface area contributed by atoms with Crippen molar-refractivity contribution in [3.05, 3.63) is 36.7 Å². The molecule has 0 atom stereocenters. The van der Waals surface area contributed by atoms with Crippen LogP contribution in [0.2, 0.25) is 0 Å². The molecule has 2 aromatic rings. The maximum absolute atomic E-state index is 12.6. The Balaban J connectivity index is 1.65. The minimum absolute atomic E-state index is 0.0436. The van der Waals surface area contributed by atoms with Crippen molar-refractivity contribution in [1.82, 2.24) is 15.3 Å². The van der Waals surface area contributed by atoms with Gasteiger partial charge < -0.3 is 15.4 Å². The van der Waals surface area contributed by atoms with Crippen LogP contribution in [0, 0.1) is 0 Å². The number of sulfonamides is 1. The van der Waals surface area contributed by atoms with Gasteiger partial charge in [0.05, 0.1) is 12.0 Å². The fourth-order valence-corrected chi connectivity index (χ4v) is 4.95. The highest BCUT2D eigenvalue weighted by atomic mass is 32.2. The molecule has 9 nitrogen and oxygen atoms in total. The summed E-state index contributed by atoms with van der Waals surface area (Å²) in [6, 6.07) is 7.37. The second-order valence-electron chi connectivity index (χ2n) is 8.86. The van der Waals surface area contributed by atoms with E-state index < -0.39 is 10.0 Å². The van der Waals surface area contributed by atoms with Gasteiger partial charge in [0.1, 0.15) is 12.1 Å². The number of nitrogens with zero attached hydrogens (tertiary/aromatic N) is 2. The fourth-order valence-electron chi connectivity index (χ4n) is 3.72. The van der Waals surface area contributed by atoms with Crippen LogP contribution in [0.4, 0.5) is 11.5 Å². The average Bonchev–Trinajstić information content (AvgIpc) is 2.87. The lowest BCUT2D eigenvalue weighted by Gasteiger charge is -2.11. The fraction of sp³-hybridized carbons (Fsp3) is 0.538. The van der Waals surface area contributed by atoms with E-state index in [1.807, 2.05) is 0 Å². The third-order valence-electron chi connectivity index (χ3n) is 5.77. The topological polar surface area (TPSA) is 122 Å². The maximum atomic E-state index is 12.6. The SMILES string of the molecule is CCCCCCCCCCCCCC(=O)NC(=S)Nc1ccc(S(=O)(=O)Nc2cc(OC)ncn2)cc1. The van der Waals surface area contributed by atoms with E-state index in [0.29, 0.717) is 12.1 Å². The summed E-state index contributed by atoms with van der Waals surface area (Å²) < 4.78 is 32.6. The first-order valence-electron chi connectivity index (χ1n) is 12.9. The number of methoxy groups -OCH3 is 1. The summed E-state index contributed by atoms with van der Waals surface area (Å²) in [5.74, 6) is 0.208. The number of anilines is 2. The zero-order valence-corrected chi connectivity index (χ0v) is 23.4. The standard InChI is InChI=1S/C26H39N5O4S2/c1-3-4-5-6-7-8-9-10-11-12-13-14-24(32)30-26(36)29-21-15-17-22(18-16-21)37(33,34)31-23-19-25(35-2)28-20-27-23/h15-20H,3-14H2,1-2H3,(H,27,28,31)(H2,29,30,32,36). The Kier molecular flexibility index (Phi) is 13.9. The van der Waals surface area contributed by atoms with Crippen molar-refractivity contribution in [2.45, 2.75) is 88.9 Å². The highest BCUT2D eigenvalue weighted by molar-refractivity contribution is 7.92. The Bertz CT molecular complexity index is 1080. The molecular formula is C26H39N5O4S2. The smallest absolute Gasteiger partial charge is 0.263 e. The number of aromatic nitrogens is 2. The lowest BCUT2D eigenvalue weighted by Crippen LogP contribution is -2.33. The van der Waals surface area contributed by atoms with Crippen molar-refractivity contribution in [1.29, 1.82) is 0 Å². The Morgan fingerprint density at radius 2 is 1.51 bits per heavy atom. The van der Waals surface area contributed by atoms with Crippen molar-refractivity contribution in [3.63, 3.8) is 0 Å². The van der Waals surface area contributed by atoms with E-state index in [0.717, 1.165) is 19.3 Å². The number of amides is 1. The quantitative estimate of drug-likeness (QED) is 0.167. The van der Waals surface area contributed by atoms with Gasteiger partial charge in [-0.25, -0.2) is 18.4 Å². The van der Waals surface area contributed by atoms with Gasteiger partial charge in [-0.15, -0.1) is 0 Å². The Morgan fingerprint density at radius 1 is 0.919 bits per heavy atom. The Hall–Kier alpha value is -2.79. The van der Waals surface area contributed by atoms with E-state index in [1.54, 1.807) is 12.1 Å². The second kappa shape index (κ2) is 16.9. The summed E-state index contributed by atoms with van der Waals surface area (Å²) in [5.41, 5.74) is 0.558. The molecule has 11 heteroatoms. The predicted octanol–water partition coefficient (Wildman–Crippen LogP) is 5.80. The maximum Gasteiger partial charge on any atom is 0.263 e.